The van der Waals surface area contributed by atoms with Gasteiger partial charge in [-0.25, -0.2) is 4.57 Å². The predicted molar refractivity (Wildman–Crippen MR) is 234 cm³/mol. The SMILES string of the molecule is CCCCCCCCCCCCCCCCCCCCCCCC(=O)OC[C@H](COP(=O)(O)O)OC(=O)CCC/C=C\C/C=C\C/C=C\CC1OC1CCCCC. The largest absolute Gasteiger partial charge is 0.469 e. The van der Waals surface area contributed by atoms with Gasteiger partial charge in [0.15, 0.2) is 6.10 Å². The van der Waals surface area contributed by atoms with Crippen LogP contribution in [0.15, 0.2) is 36.5 Å². The summed E-state index contributed by atoms with van der Waals surface area (Å²) in [6.07, 6.45) is 49.1. The van der Waals surface area contributed by atoms with Crippen molar-refractivity contribution in [2.45, 2.75) is 238 Å². The Morgan fingerprint density at radius 3 is 1.54 bits per heavy atom. The number of allylic oxidation sites excluding steroid dienone is 5. The molecule has 0 amide bonds. The standard InChI is InChI=1S/C47H85O9P/c1-3-5-7-8-9-10-11-12-13-14-15-16-17-18-19-20-21-25-28-31-35-39-46(48)53-41-43(42-54-57(50,51)52)55-47(49)40-36-32-29-26-23-22-24-27-30-34-38-45-44(56-45)37-33-6-4-2/h22,24,26,29-30,34,43-45H,3-21,23,25,27-28,31-33,35-42H2,1-2H3,(H2,50,51,52)/b24-22-,29-26-,34-30-/t43-,44?,45?/m1/s1. The molecular weight excluding hydrogens is 739 g/mol. The molecule has 1 aliphatic heterocycles. The monoisotopic (exact) mass is 825 g/mol. The van der Waals surface area contributed by atoms with Gasteiger partial charge >= 0.3 is 19.8 Å². The number of carbonyl (C=O) groups is 2. The maximum absolute atomic E-state index is 12.4. The quantitative estimate of drug-likeness (QED) is 0.0203. The number of epoxide rings is 1. The summed E-state index contributed by atoms with van der Waals surface area (Å²) in [6, 6.07) is 0. The third kappa shape index (κ3) is 38.2. The highest BCUT2D eigenvalue weighted by Crippen LogP contribution is 2.36. The van der Waals surface area contributed by atoms with Gasteiger partial charge in [-0.2, -0.15) is 0 Å². The Morgan fingerprint density at radius 1 is 0.561 bits per heavy atom. The molecule has 10 heteroatoms. The third-order valence-corrected chi connectivity index (χ3v) is 11.1. The van der Waals surface area contributed by atoms with Crippen molar-refractivity contribution < 1.29 is 42.7 Å². The minimum Gasteiger partial charge on any atom is -0.462 e. The number of unbranched alkanes of at least 4 members (excludes halogenated alkanes) is 23. The topological polar surface area (TPSA) is 132 Å². The van der Waals surface area contributed by atoms with Crippen LogP contribution in [0.25, 0.3) is 0 Å². The molecule has 1 heterocycles. The lowest BCUT2D eigenvalue weighted by molar-refractivity contribution is -0.161. The molecule has 2 unspecified atom stereocenters. The first-order valence-corrected chi connectivity index (χ1v) is 24.9. The van der Waals surface area contributed by atoms with Crippen LogP contribution < -0.4 is 0 Å². The normalized spacial score (nSPS) is 16.3. The van der Waals surface area contributed by atoms with Crippen LogP contribution in [0.1, 0.15) is 219 Å². The van der Waals surface area contributed by atoms with Crippen molar-refractivity contribution in [1.29, 1.82) is 0 Å². The summed E-state index contributed by atoms with van der Waals surface area (Å²) in [4.78, 5) is 43.0. The molecule has 332 valence electrons. The molecule has 1 saturated heterocycles. The Hall–Kier alpha value is -1.77. The maximum Gasteiger partial charge on any atom is 0.469 e. The number of hydrogen-bond acceptors (Lipinski definition) is 7. The molecule has 57 heavy (non-hydrogen) atoms. The van der Waals surface area contributed by atoms with E-state index in [1.54, 1.807) is 0 Å². The third-order valence-electron chi connectivity index (χ3n) is 10.6. The van der Waals surface area contributed by atoms with E-state index in [2.05, 4.69) is 48.8 Å². The van der Waals surface area contributed by atoms with Crippen molar-refractivity contribution in [3.05, 3.63) is 36.5 Å². The molecule has 0 bridgehead atoms. The number of ether oxygens (including phenoxy) is 3. The van der Waals surface area contributed by atoms with Gasteiger partial charge in [-0.1, -0.05) is 198 Å². The van der Waals surface area contributed by atoms with Crippen LogP contribution in [-0.4, -0.2) is 53.3 Å². The van der Waals surface area contributed by atoms with Crippen LogP contribution in [0.3, 0.4) is 0 Å². The molecule has 0 aromatic carbocycles. The predicted octanol–water partition coefficient (Wildman–Crippen LogP) is 13.5. The second-order valence-electron chi connectivity index (χ2n) is 16.1. The van der Waals surface area contributed by atoms with E-state index in [-0.39, 0.29) is 19.4 Å². The summed E-state index contributed by atoms with van der Waals surface area (Å²) < 4.78 is 32.1. The van der Waals surface area contributed by atoms with E-state index in [9.17, 15) is 14.2 Å². The second kappa shape index (κ2) is 38.4. The molecule has 2 N–H and O–H groups in total. The molecule has 1 rings (SSSR count). The van der Waals surface area contributed by atoms with Crippen molar-refractivity contribution in [3.8, 4) is 0 Å². The van der Waals surface area contributed by atoms with Crippen molar-refractivity contribution in [2.24, 2.45) is 0 Å². The lowest BCUT2D eigenvalue weighted by Crippen LogP contribution is -2.29. The fraction of sp³-hybridized carbons (Fsp3) is 0.830. The minimum atomic E-state index is -4.77. The molecule has 0 aromatic rings. The highest BCUT2D eigenvalue weighted by molar-refractivity contribution is 7.46. The van der Waals surface area contributed by atoms with Crippen molar-refractivity contribution in [2.75, 3.05) is 13.2 Å². The van der Waals surface area contributed by atoms with E-state index >= 15 is 0 Å². The van der Waals surface area contributed by atoms with Gasteiger partial charge in [-0.3, -0.25) is 14.1 Å². The molecule has 1 aliphatic rings. The molecule has 9 nitrogen and oxygen atoms in total. The van der Waals surface area contributed by atoms with Crippen molar-refractivity contribution >= 4 is 19.8 Å². The molecular formula is C47H85O9P. The zero-order valence-electron chi connectivity index (χ0n) is 36.4. The van der Waals surface area contributed by atoms with E-state index in [4.69, 9.17) is 24.0 Å². The summed E-state index contributed by atoms with van der Waals surface area (Å²) >= 11 is 0. The molecule has 0 aliphatic carbocycles. The fourth-order valence-electron chi connectivity index (χ4n) is 6.99. The first kappa shape index (κ1) is 53.2. The molecule has 0 aromatic heterocycles. The molecule has 0 radical (unpaired) electrons. The average Bonchev–Trinajstić information content (AvgIpc) is 3.94. The number of esters is 2. The summed E-state index contributed by atoms with van der Waals surface area (Å²) in [7, 11) is -4.77. The number of carbonyl (C=O) groups excluding carboxylic acids is 2. The van der Waals surface area contributed by atoms with Crippen LogP contribution in [0, 0.1) is 0 Å². The average molecular weight is 825 g/mol. The Balaban J connectivity index is 2.03. The van der Waals surface area contributed by atoms with Gasteiger partial charge < -0.3 is 24.0 Å². The van der Waals surface area contributed by atoms with Crippen LogP contribution in [0.2, 0.25) is 0 Å². The van der Waals surface area contributed by atoms with Gasteiger partial charge in [0, 0.05) is 12.8 Å². The summed E-state index contributed by atoms with van der Waals surface area (Å²) in [5, 5.41) is 0. The van der Waals surface area contributed by atoms with Crippen LogP contribution in [-0.2, 0) is 32.9 Å². The Morgan fingerprint density at radius 2 is 1.02 bits per heavy atom. The highest BCUT2D eigenvalue weighted by Gasteiger charge is 2.36. The molecule has 1 fully saturated rings. The number of hydrogen-bond donors (Lipinski definition) is 2. The van der Waals surface area contributed by atoms with Gasteiger partial charge in [0.05, 0.1) is 18.8 Å². The van der Waals surface area contributed by atoms with E-state index in [1.165, 1.54) is 141 Å². The van der Waals surface area contributed by atoms with Crippen LogP contribution in [0.4, 0.5) is 0 Å². The fourth-order valence-corrected chi connectivity index (χ4v) is 7.35. The second-order valence-corrected chi connectivity index (χ2v) is 17.4. The van der Waals surface area contributed by atoms with E-state index in [1.807, 2.05) is 6.08 Å². The maximum atomic E-state index is 12.4. The molecule has 0 spiro atoms. The first-order valence-electron chi connectivity index (χ1n) is 23.4. The van der Waals surface area contributed by atoms with E-state index < -0.39 is 32.5 Å². The number of phosphoric ester groups is 1. The van der Waals surface area contributed by atoms with E-state index in [0.29, 0.717) is 25.0 Å². The van der Waals surface area contributed by atoms with Crippen molar-refractivity contribution in [3.63, 3.8) is 0 Å². The van der Waals surface area contributed by atoms with E-state index in [0.717, 1.165) is 38.5 Å². The summed E-state index contributed by atoms with van der Waals surface area (Å²) in [5.74, 6) is -0.946. The Kier molecular flexibility index (Phi) is 35.9. The van der Waals surface area contributed by atoms with Crippen LogP contribution >= 0.6 is 7.82 Å². The van der Waals surface area contributed by atoms with Gasteiger partial charge in [0.1, 0.15) is 6.61 Å². The van der Waals surface area contributed by atoms with Crippen LogP contribution in [0.5, 0.6) is 0 Å². The van der Waals surface area contributed by atoms with Crippen molar-refractivity contribution in [1.82, 2.24) is 0 Å². The first-order chi connectivity index (χ1) is 27.7. The number of rotatable bonds is 42. The van der Waals surface area contributed by atoms with Gasteiger partial charge in [-0.15, -0.1) is 0 Å². The smallest absolute Gasteiger partial charge is 0.462 e. The van der Waals surface area contributed by atoms with Gasteiger partial charge in [-0.05, 0) is 44.9 Å². The zero-order chi connectivity index (χ0) is 41.5. The minimum absolute atomic E-state index is 0.134. The Labute approximate surface area is 348 Å². The lowest BCUT2D eigenvalue weighted by Gasteiger charge is -2.18. The molecule has 3 atom stereocenters. The summed E-state index contributed by atoms with van der Waals surface area (Å²) in [6.45, 7) is 3.63. The lowest BCUT2D eigenvalue weighted by atomic mass is 10.0. The molecule has 0 saturated carbocycles. The van der Waals surface area contributed by atoms with Gasteiger partial charge in [0.25, 0.3) is 0 Å². The summed E-state index contributed by atoms with van der Waals surface area (Å²) in [5.41, 5.74) is 0. The van der Waals surface area contributed by atoms with Gasteiger partial charge in [0.2, 0.25) is 0 Å². The Bertz CT molecular complexity index is 1080. The highest BCUT2D eigenvalue weighted by atomic mass is 31.2. The number of phosphoric acid groups is 1. The zero-order valence-corrected chi connectivity index (χ0v) is 37.3.